The van der Waals surface area contributed by atoms with Crippen molar-refractivity contribution in [2.24, 2.45) is 0 Å². The average Bonchev–Trinajstić information content (AvgIpc) is 3.27. The largest absolute Gasteiger partial charge is 0.494 e. The molecule has 2 N–H and O–H groups in total. The van der Waals surface area contributed by atoms with Gasteiger partial charge in [-0.25, -0.2) is 9.18 Å². The van der Waals surface area contributed by atoms with Crippen molar-refractivity contribution in [1.29, 1.82) is 5.26 Å². The zero-order valence-electron chi connectivity index (χ0n) is 19.7. The highest BCUT2D eigenvalue weighted by Gasteiger charge is 2.23. The molecular weight excluding hydrogens is 459 g/mol. The molecule has 0 unspecified atom stereocenters. The molecule has 1 saturated heterocycles. The minimum Gasteiger partial charge on any atom is -0.494 e. The number of piperidine rings is 1. The fourth-order valence-corrected chi connectivity index (χ4v) is 4.81. The molecule has 0 saturated carbocycles. The van der Waals surface area contributed by atoms with Gasteiger partial charge in [0.15, 0.2) is 11.6 Å². The molecule has 1 atom stereocenters. The van der Waals surface area contributed by atoms with E-state index in [0.717, 1.165) is 40.8 Å². The third kappa shape index (κ3) is 4.43. The van der Waals surface area contributed by atoms with Crippen molar-refractivity contribution < 1.29 is 19.0 Å². The number of ether oxygens (including phenoxy) is 1. The lowest BCUT2D eigenvalue weighted by Gasteiger charge is -2.31. The number of rotatable bonds is 5. The number of hydrogen-bond donors (Lipinski definition) is 2. The van der Waals surface area contributed by atoms with Crippen molar-refractivity contribution in [2.45, 2.75) is 18.9 Å². The summed E-state index contributed by atoms with van der Waals surface area (Å²) in [5.74, 6) is -0.275. The van der Waals surface area contributed by atoms with Gasteiger partial charge in [0.1, 0.15) is 0 Å². The van der Waals surface area contributed by atoms with Crippen LogP contribution in [0, 0.1) is 17.1 Å². The first-order valence-corrected chi connectivity index (χ1v) is 11.7. The number of nitrogens with one attached hydrogen (secondary N) is 1. The maximum atomic E-state index is 14.6. The van der Waals surface area contributed by atoms with Gasteiger partial charge in [0, 0.05) is 41.5 Å². The SMILES string of the molecule is COc1ccc(-c2cc3cc(N[C@H]4CCCN(C(=O)O)C4)ccc3n2-c2ccc(C#N)cc2)cc1F. The van der Waals surface area contributed by atoms with E-state index in [9.17, 15) is 19.6 Å². The first-order chi connectivity index (χ1) is 17.5. The fourth-order valence-electron chi connectivity index (χ4n) is 4.81. The lowest BCUT2D eigenvalue weighted by molar-refractivity contribution is 0.133. The van der Waals surface area contributed by atoms with E-state index in [4.69, 9.17) is 4.74 Å². The van der Waals surface area contributed by atoms with E-state index >= 15 is 0 Å². The molecule has 0 bridgehead atoms. The molecule has 1 aromatic heterocycles. The van der Waals surface area contributed by atoms with E-state index < -0.39 is 11.9 Å². The van der Waals surface area contributed by atoms with Gasteiger partial charge in [-0.3, -0.25) is 0 Å². The number of nitrogens with zero attached hydrogens (tertiary/aromatic N) is 3. The van der Waals surface area contributed by atoms with E-state index in [2.05, 4.69) is 11.4 Å². The van der Waals surface area contributed by atoms with Gasteiger partial charge in [-0.05, 0) is 79.6 Å². The van der Waals surface area contributed by atoms with E-state index in [-0.39, 0.29) is 11.8 Å². The predicted octanol–water partition coefficient (Wildman–Crippen LogP) is 5.87. The summed E-state index contributed by atoms with van der Waals surface area (Å²) in [6.45, 7) is 0.998. The first kappa shape index (κ1) is 23.2. The Morgan fingerprint density at radius 1 is 1.14 bits per heavy atom. The predicted molar refractivity (Wildman–Crippen MR) is 136 cm³/mol. The molecule has 7 nitrogen and oxygen atoms in total. The second-order valence-electron chi connectivity index (χ2n) is 8.86. The Balaban J connectivity index is 1.57. The van der Waals surface area contributed by atoms with Crippen LogP contribution in [0.4, 0.5) is 14.9 Å². The molecule has 0 spiro atoms. The van der Waals surface area contributed by atoms with Crippen LogP contribution in [0.15, 0.2) is 66.7 Å². The van der Waals surface area contributed by atoms with Crippen LogP contribution >= 0.6 is 0 Å². The number of halogens is 1. The summed E-state index contributed by atoms with van der Waals surface area (Å²) < 4.78 is 21.7. The number of fused-ring (bicyclic) bond motifs is 1. The first-order valence-electron chi connectivity index (χ1n) is 11.7. The van der Waals surface area contributed by atoms with Crippen LogP contribution in [0.3, 0.4) is 0 Å². The Labute approximate surface area is 207 Å². The minimum absolute atomic E-state index is 0.0306. The molecule has 8 heteroatoms. The van der Waals surface area contributed by atoms with E-state index in [1.54, 1.807) is 18.2 Å². The minimum atomic E-state index is -0.896. The highest BCUT2D eigenvalue weighted by Crippen LogP contribution is 2.35. The van der Waals surface area contributed by atoms with Crippen LogP contribution in [0.1, 0.15) is 18.4 Å². The number of carboxylic acid groups (broad SMARTS) is 1. The molecule has 0 radical (unpaired) electrons. The number of nitriles is 1. The number of methoxy groups -OCH3 is 1. The quantitative estimate of drug-likeness (QED) is 0.370. The number of amides is 1. The van der Waals surface area contributed by atoms with Crippen molar-refractivity contribution in [3.63, 3.8) is 0 Å². The molecule has 2 heterocycles. The van der Waals surface area contributed by atoms with Crippen molar-refractivity contribution in [2.75, 3.05) is 25.5 Å². The smallest absolute Gasteiger partial charge is 0.407 e. The van der Waals surface area contributed by atoms with Gasteiger partial charge in [-0.2, -0.15) is 5.26 Å². The van der Waals surface area contributed by atoms with Crippen LogP contribution in [0.2, 0.25) is 0 Å². The molecule has 0 aliphatic carbocycles. The van der Waals surface area contributed by atoms with Crippen molar-refractivity contribution >= 4 is 22.7 Å². The Morgan fingerprint density at radius 3 is 2.64 bits per heavy atom. The molecule has 182 valence electrons. The summed E-state index contributed by atoms with van der Waals surface area (Å²) in [6, 6.07) is 22.3. The van der Waals surface area contributed by atoms with Crippen molar-refractivity contribution in [1.82, 2.24) is 9.47 Å². The number of likely N-dealkylation sites (tertiary alicyclic amines) is 1. The third-order valence-corrected chi connectivity index (χ3v) is 6.57. The summed E-state index contributed by atoms with van der Waals surface area (Å²) >= 11 is 0. The maximum absolute atomic E-state index is 14.6. The number of aromatic nitrogens is 1. The summed E-state index contributed by atoms with van der Waals surface area (Å²) in [5.41, 5.74) is 4.70. The standard InChI is InChI=1S/C28H25FN4O3/c1-36-27-11-6-19(14-24(27)29)26-15-20-13-21(31-22-3-2-12-32(17-22)28(34)35)7-10-25(20)33(26)23-8-4-18(16-30)5-9-23/h4-11,13-15,22,31H,2-3,12,17H2,1H3,(H,34,35)/t22-/m0/s1. The highest BCUT2D eigenvalue weighted by molar-refractivity contribution is 5.91. The topological polar surface area (TPSA) is 90.5 Å². The third-order valence-electron chi connectivity index (χ3n) is 6.57. The van der Waals surface area contributed by atoms with Crippen molar-refractivity contribution in [3.05, 3.63) is 78.1 Å². The monoisotopic (exact) mass is 484 g/mol. The Bertz CT molecular complexity index is 1470. The van der Waals surface area contributed by atoms with Crippen LogP contribution in [0.5, 0.6) is 5.75 Å². The molecule has 1 fully saturated rings. The number of hydrogen-bond acceptors (Lipinski definition) is 4. The molecule has 3 aromatic carbocycles. The fraction of sp³-hybridized carbons (Fsp3) is 0.214. The Kier molecular flexibility index (Phi) is 6.21. The van der Waals surface area contributed by atoms with Crippen LogP contribution in [0.25, 0.3) is 27.8 Å². The molecule has 1 aliphatic rings. The summed E-state index contributed by atoms with van der Waals surface area (Å²) in [5, 5.41) is 23.0. The van der Waals surface area contributed by atoms with Gasteiger partial charge in [0.25, 0.3) is 0 Å². The van der Waals surface area contributed by atoms with Gasteiger partial charge in [-0.15, -0.1) is 0 Å². The lowest BCUT2D eigenvalue weighted by atomic mass is 10.1. The molecule has 5 rings (SSSR count). The zero-order chi connectivity index (χ0) is 25.2. The van der Waals surface area contributed by atoms with Gasteiger partial charge in [0.05, 0.1) is 30.0 Å². The maximum Gasteiger partial charge on any atom is 0.407 e. The lowest BCUT2D eigenvalue weighted by Crippen LogP contribution is -2.44. The van der Waals surface area contributed by atoms with Gasteiger partial charge < -0.3 is 24.6 Å². The number of benzene rings is 3. The van der Waals surface area contributed by atoms with Crippen LogP contribution in [-0.2, 0) is 0 Å². The van der Waals surface area contributed by atoms with Crippen LogP contribution < -0.4 is 10.1 Å². The molecular formula is C28H25FN4O3. The van der Waals surface area contributed by atoms with E-state index in [1.807, 2.05) is 47.0 Å². The van der Waals surface area contributed by atoms with Gasteiger partial charge in [0.2, 0.25) is 0 Å². The summed E-state index contributed by atoms with van der Waals surface area (Å²) in [6.07, 6.45) is 0.812. The van der Waals surface area contributed by atoms with Gasteiger partial charge in [-0.1, -0.05) is 0 Å². The second-order valence-corrected chi connectivity index (χ2v) is 8.86. The average molecular weight is 485 g/mol. The molecule has 1 aliphatic heterocycles. The van der Waals surface area contributed by atoms with Gasteiger partial charge >= 0.3 is 6.09 Å². The molecule has 4 aromatic rings. The zero-order valence-corrected chi connectivity index (χ0v) is 19.7. The Morgan fingerprint density at radius 2 is 1.94 bits per heavy atom. The second kappa shape index (κ2) is 9.62. The Hall–Kier alpha value is -4.51. The van der Waals surface area contributed by atoms with Crippen molar-refractivity contribution in [3.8, 4) is 28.8 Å². The summed E-state index contributed by atoms with van der Waals surface area (Å²) in [4.78, 5) is 12.8. The van der Waals surface area contributed by atoms with E-state index in [0.29, 0.717) is 24.2 Å². The molecule has 1 amide bonds. The normalized spacial score (nSPS) is 15.5. The highest BCUT2D eigenvalue weighted by atomic mass is 19.1. The number of carbonyl (C=O) groups is 1. The number of anilines is 1. The molecule has 36 heavy (non-hydrogen) atoms. The van der Waals surface area contributed by atoms with Crippen LogP contribution in [-0.4, -0.2) is 46.9 Å². The van der Waals surface area contributed by atoms with E-state index in [1.165, 1.54) is 18.1 Å². The summed E-state index contributed by atoms with van der Waals surface area (Å²) in [7, 11) is 1.43.